The number of benzene rings is 2. The van der Waals surface area contributed by atoms with Gasteiger partial charge in [0.1, 0.15) is 0 Å². The number of carbonyl (C=O) groups excluding carboxylic acids is 1. The van der Waals surface area contributed by atoms with Gasteiger partial charge in [0.05, 0.1) is 12.1 Å². The molecule has 2 aliphatic rings. The van der Waals surface area contributed by atoms with Crippen molar-refractivity contribution in [2.45, 2.75) is 44.4 Å². The number of fused-ring (bicyclic) bond motifs is 1. The van der Waals surface area contributed by atoms with Crippen LogP contribution in [0.3, 0.4) is 0 Å². The molecule has 2 aromatic rings. The van der Waals surface area contributed by atoms with Crippen molar-refractivity contribution in [2.75, 3.05) is 7.05 Å². The van der Waals surface area contributed by atoms with Crippen LogP contribution in [0.5, 0.6) is 0 Å². The summed E-state index contributed by atoms with van der Waals surface area (Å²) in [6.07, 6.45) is 6.05. The molecule has 0 spiro atoms. The van der Waals surface area contributed by atoms with Crippen molar-refractivity contribution in [1.82, 2.24) is 4.90 Å². The molecule has 1 fully saturated rings. The minimum absolute atomic E-state index is 0.000734. The first kappa shape index (κ1) is 20.6. The number of amides is 1. The van der Waals surface area contributed by atoms with Gasteiger partial charge >= 0.3 is 0 Å². The van der Waals surface area contributed by atoms with Gasteiger partial charge in [-0.1, -0.05) is 35.9 Å². The second-order valence-corrected chi connectivity index (χ2v) is 8.39. The molecule has 0 aromatic heterocycles. The number of allylic oxidation sites excluding steroid dienone is 1. The number of carbonyl (C=O) groups is 1. The molecule has 1 aliphatic carbocycles. The Balaban J connectivity index is 1.55. The van der Waals surface area contributed by atoms with E-state index in [0.717, 1.165) is 47.1 Å². The van der Waals surface area contributed by atoms with E-state index in [4.69, 9.17) is 17.3 Å². The number of halogens is 1. The molecule has 1 saturated carbocycles. The summed E-state index contributed by atoms with van der Waals surface area (Å²) in [5.74, 6) is 0.000734. The maximum Gasteiger partial charge on any atom is 0.254 e. The van der Waals surface area contributed by atoms with Crippen molar-refractivity contribution in [1.29, 1.82) is 0 Å². The number of nitrogens with zero attached hydrogens (tertiary/aromatic N) is 2. The van der Waals surface area contributed by atoms with Crippen LogP contribution < -0.4 is 5.73 Å². The lowest BCUT2D eigenvalue weighted by Gasteiger charge is -2.26. The Kier molecular flexibility index (Phi) is 5.93. The van der Waals surface area contributed by atoms with Gasteiger partial charge in [-0.15, -0.1) is 0 Å². The topological polar surface area (TPSA) is 78.9 Å². The van der Waals surface area contributed by atoms with E-state index in [2.05, 4.69) is 4.99 Å². The Morgan fingerprint density at radius 2 is 2.07 bits per heavy atom. The van der Waals surface area contributed by atoms with Gasteiger partial charge < -0.3 is 15.7 Å². The smallest absolute Gasteiger partial charge is 0.254 e. The lowest BCUT2D eigenvalue weighted by molar-refractivity contribution is 0.0479. The fourth-order valence-corrected chi connectivity index (χ4v) is 4.73. The summed E-state index contributed by atoms with van der Waals surface area (Å²) in [7, 11) is 1.71. The van der Waals surface area contributed by atoms with Crippen LogP contribution >= 0.6 is 11.6 Å². The number of aliphatic hydroxyl groups is 1. The number of rotatable bonds is 5. The molecule has 0 radical (unpaired) electrons. The standard InChI is InChI=1S/C24H26ClN3O2/c1-27-13-19(12-26)16-7-5-15(6-8-16)9-17-10-20-18(11-21(17)25)14-28(24(20)30)22-3-2-4-23(22)29/h5-8,10-13,22-23,29H,2-4,9,14,26H2,1H3/t22-,23-/m0/s1. The number of nitrogens with two attached hydrogens (primary N) is 1. The summed E-state index contributed by atoms with van der Waals surface area (Å²) in [6, 6.07) is 11.8. The molecule has 0 saturated heterocycles. The summed E-state index contributed by atoms with van der Waals surface area (Å²) < 4.78 is 0. The van der Waals surface area contributed by atoms with Crippen LogP contribution in [0.1, 0.15) is 51.9 Å². The van der Waals surface area contributed by atoms with Crippen molar-refractivity contribution in [2.24, 2.45) is 10.7 Å². The summed E-state index contributed by atoms with van der Waals surface area (Å²) in [5.41, 5.74) is 11.2. The van der Waals surface area contributed by atoms with Gasteiger partial charge in [0.15, 0.2) is 0 Å². The Morgan fingerprint density at radius 3 is 2.70 bits per heavy atom. The van der Waals surface area contributed by atoms with E-state index in [1.54, 1.807) is 13.3 Å². The summed E-state index contributed by atoms with van der Waals surface area (Å²) in [5, 5.41) is 10.9. The Bertz CT molecular complexity index is 1010. The highest BCUT2D eigenvalue weighted by atomic mass is 35.5. The third kappa shape index (κ3) is 3.87. The predicted octanol–water partition coefficient (Wildman–Crippen LogP) is 3.80. The molecular weight excluding hydrogens is 398 g/mol. The number of aliphatic hydroxyl groups excluding tert-OH is 1. The fraction of sp³-hybridized carbons (Fsp3) is 0.333. The number of hydrogen-bond acceptors (Lipinski definition) is 4. The van der Waals surface area contributed by atoms with Crippen LogP contribution in [0, 0.1) is 0 Å². The first-order valence-electron chi connectivity index (χ1n) is 10.3. The molecule has 1 amide bonds. The fourth-order valence-electron chi connectivity index (χ4n) is 4.47. The minimum atomic E-state index is -0.429. The van der Waals surface area contributed by atoms with E-state index < -0.39 is 6.10 Å². The van der Waals surface area contributed by atoms with Crippen molar-refractivity contribution >= 4 is 29.3 Å². The molecule has 1 heterocycles. The second kappa shape index (κ2) is 8.62. The molecule has 6 heteroatoms. The van der Waals surface area contributed by atoms with Crippen LogP contribution in [0.4, 0.5) is 0 Å². The third-order valence-corrected chi connectivity index (χ3v) is 6.43. The molecule has 0 bridgehead atoms. The normalized spacial score (nSPS) is 21.6. The van der Waals surface area contributed by atoms with Crippen molar-refractivity contribution in [3.05, 3.63) is 75.4 Å². The van der Waals surface area contributed by atoms with Gasteiger partial charge in [0.2, 0.25) is 0 Å². The maximum absolute atomic E-state index is 13.0. The molecule has 3 N–H and O–H groups in total. The van der Waals surface area contributed by atoms with Gasteiger partial charge in [-0.25, -0.2) is 0 Å². The van der Waals surface area contributed by atoms with Gasteiger partial charge in [-0.3, -0.25) is 9.79 Å². The van der Waals surface area contributed by atoms with Crippen LogP contribution in [0.15, 0.2) is 47.6 Å². The van der Waals surface area contributed by atoms with Crippen LogP contribution in [-0.2, 0) is 13.0 Å². The van der Waals surface area contributed by atoms with E-state index in [0.29, 0.717) is 23.6 Å². The Morgan fingerprint density at radius 1 is 1.30 bits per heavy atom. The average Bonchev–Trinajstić information content (AvgIpc) is 3.30. The highest BCUT2D eigenvalue weighted by molar-refractivity contribution is 6.31. The first-order valence-corrected chi connectivity index (χ1v) is 10.6. The quantitative estimate of drug-likeness (QED) is 0.718. The number of hydrogen-bond donors (Lipinski definition) is 2. The second-order valence-electron chi connectivity index (χ2n) is 7.98. The molecular formula is C24H26ClN3O2. The molecule has 156 valence electrons. The highest BCUT2D eigenvalue weighted by Gasteiger charge is 2.38. The molecule has 2 aromatic carbocycles. The zero-order chi connectivity index (χ0) is 21.3. The zero-order valence-corrected chi connectivity index (χ0v) is 17.8. The van der Waals surface area contributed by atoms with Crippen molar-refractivity contribution in [3.63, 3.8) is 0 Å². The van der Waals surface area contributed by atoms with Crippen molar-refractivity contribution < 1.29 is 9.90 Å². The average molecular weight is 424 g/mol. The summed E-state index contributed by atoms with van der Waals surface area (Å²) in [4.78, 5) is 18.8. The van der Waals surface area contributed by atoms with Crippen molar-refractivity contribution in [3.8, 4) is 0 Å². The van der Waals surface area contributed by atoms with E-state index in [-0.39, 0.29) is 11.9 Å². The van der Waals surface area contributed by atoms with E-state index in [1.807, 2.05) is 41.3 Å². The minimum Gasteiger partial charge on any atom is -0.404 e. The van der Waals surface area contributed by atoms with Gasteiger partial charge in [0, 0.05) is 42.2 Å². The number of aliphatic imine (C=N–C) groups is 1. The molecule has 0 unspecified atom stereocenters. The van der Waals surface area contributed by atoms with Crippen LogP contribution in [0.25, 0.3) is 5.57 Å². The van der Waals surface area contributed by atoms with Gasteiger partial charge in [-0.2, -0.15) is 0 Å². The molecule has 5 nitrogen and oxygen atoms in total. The SMILES string of the molecule is CN=CC(=CN)c1ccc(Cc2cc3c(cc2Cl)CN([C@H]2CCC[C@@H]2O)C3=O)cc1. The highest BCUT2D eigenvalue weighted by Crippen LogP contribution is 2.35. The van der Waals surface area contributed by atoms with E-state index >= 15 is 0 Å². The summed E-state index contributed by atoms with van der Waals surface area (Å²) >= 11 is 6.56. The van der Waals surface area contributed by atoms with E-state index in [9.17, 15) is 9.90 Å². The van der Waals surface area contributed by atoms with Crippen LogP contribution in [-0.4, -0.2) is 41.3 Å². The zero-order valence-electron chi connectivity index (χ0n) is 17.0. The lowest BCUT2D eigenvalue weighted by atomic mass is 9.98. The predicted molar refractivity (Wildman–Crippen MR) is 121 cm³/mol. The van der Waals surface area contributed by atoms with Gasteiger partial charge in [-0.05, 0) is 60.1 Å². The monoisotopic (exact) mass is 423 g/mol. The molecule has 4 rings (SSSR count). The summed E-state index contributed by atoms with van der Waals surface area (Å²) in [6.45, 7) is 0.526. The molecule has 1 aliphatic heterocycles. The molecule has 2 atom stereocenters. The largest absolute Gasteiger partial charge is 0.404 e. The first-order chi connectivity index (χ1) is 14.5. The lowest BCUT2D eigenvalue weighted by Crippen LogP contribution is -2.40. The van der Waals surface area contributed by atoms with E-state index in [1.165, 1.54) is 6.20 Å². The maximum atomic E-state index is 13.0. The molecule has 30 heavy (non-hydrogen) atoms. The third-order valence-electron chi connectivity index (χ3n) is 6.08. The Labute approximate surface area is 181 Å². The Hall–Kier alpha value is -2.63. The van der Waals surface area contributed by atoms with Gasteiger partial charge in [0.25, 0.3) is 5.91 Å². The van der Waals surface area contributed by atoms with Crippen LogP contribution in [0.2, 0.25) is 5.02 Å².